The van der Waals surface area contributed by atoms with Crippen LogP contribution in [-0.4, -0.2) is 28.6 Å². The van der Waals surface area contributed by atoms with Crippen molar-refractivity contribution in [3.05, 3.63) is 45.9 Å². The molecule has 1 aromatic heterocycles. The molecule has 23 heavy (non-hydrogen) atoms. The Kier molecular flexibility index (Phi) is 6.55. The second-order valence-electron chi connectivity index (χ2n) is 5.47. The summed E-state index contributed by atoms with van der Waals surface area (Å²) in [4.78, 5) is 16.5. The number of nitrogens with zero attached hydrogens (tertiary/aromatic N) is 1. The Morgan fingerprint density at radius 2 is 2.09 bits per heavy atom. The summed E-state index contributed by atoms with van der Waals surface area (Å²) in [6.45, 7) is 4.51. The molecular weight excluding hydrogens is 310 g/mol. The molecule has 0 aliphatic heterocycles. The van der Waals surface area contributed by atoms with Gasteiger partial charge in [-0.05, 0) is 44.0 Å². The van der Waals surface area contributed by atoms with Crippen molar-refractivity contribution in [2.24, 2.45) is 0 Å². The van der Waals surface area contributed by atoms with Crippen LogP contribution >= 0.6 is 11.3 Å². The van der Waals surface area contributed by atoms with E-state index in [-0.39, 0.29) is 18.6 Å². The monoisotopic (exact) mass is 333 g/mol. The van der Waals surface area contributed by atoms with Gasteiger partial charge in [0.25, 0.3) is 5.91 Å². The average molecular weight is 333 g/mol. The third kappa shape index (κ3) is 5.33. The highest BCUT2D eigenvalue weighted by Gasteiger charge is 2.08. The molecule has 1 aromatic carbocycles. The molecule has 2 rings (SSSR count). The van der Waals surface area contributed by atoms with Crippen molar-refractivity contribution in [3.63, 3.8) is 0 Å². The molecule has 5 nitrogen and oxygen atoms in total. The number of hydrogen-bond donors (Lipinski definition) is 3. The molecule has 0 aliphatic carbocycles. The van der Waals surface area contributed by atoms with Gasteiger partial charge in [0.2, 0.25) is 0 Å². The number of carbonyl (C=O) groups excluding carboxylic acids is 1. The highest BCUT2D eigenvalue weighted by molar-refractivity contribution is 7.09. The lowest BCUT2D eigenvalue weighted by molar-refractivity contribution is 0.0922. The first-order chi connectivity index (χ1) is 11.1. The quantitative estimate of drug-likeness (QED) is 0.694. The Labute approximate surface area is 140 Å². The minimum absolute atomic E-state index is 0.0704. The summed E-state index contributed by atoms with van der Waals surface area (Å²) in [5, 5.41) is 18.2. The topological polar surface area (TPSA) is 74.2 Å². The van der Waals surface area contributed by atoms with E-state index in [9.17, 15) is 4.79 Å². The zero-order valence-electron chi connectivity index (χ0n) is 13.5. The van der Waals surface area contributed by atoms with Crippen LogP contribution in [0, 0.1) is 0 Å². The largest absolute Gasteiger partial charge is 0.394 e. The maximum absolute atomic E-state index is 11.9. The fraction of sp³-hybridized carbons (Fsp3) is 0.412. The molecule has 0 saturated heterocycles. The van der Waals surface area contributed by atoms with Gasteiger partial charge in [-0.3, -0.25) is 4.79 Å². The Hall–Kier alpha value is -1.92. The fourth-order valence-electron chi connectivity index (χ4n) is 2.04. The number of nitrogens with one attached hydrogen (secondary N) is 2. The van der Waals surface area contributed by atoms with Crippen LogP contribution in [0.1, 0.15) is 41.3 Å². The van der Waals surface area contributed by atoms with Crippen LogP contribution in [0.5, 0.6) is 0 Å². The van der Waals surface area contributed by atoms with Crippen molar-refractivity contribution < 1.29 is 9.90 Å². The van der Waals surface area contributed by atoms with E-state index >= 15 is 0 Å². The average Bonchev–Trinajstić information content (AvgIpc) is 3.01. The van der Waals surface area contributed by atoms with Crippen LogP contribution in [0.25, 0.3) is 0 Å². The van der Waals surface area contributed by atoms with Crippen molar-refractivity contribution in [1.29, 1.82) is 0 Å². The third-order valence-electron chi connectivity index (χ3n) is 3.34. The zero-order valence-corrected chi connectivity index (χ0v) is 14.3. The van der Waals surface area contributed by atoms with E-state index in [0.717, 1.165) is 24.2 Å². The lowest BCUT2D eigenvalue weighted by Gasteiger charge is -2.11. The lowest BCUT2D eigenvalue weighted by atomic mass is 10.2. The van der Waals surface area contributed by atoms with Gasteiger partial charge < -0.3 is 15.7 Å². The molecule has 2 aromatic rings. The summed E-state index contributed by atoms with van der Waals surface area (Å²) in [5.41, 5.74) is 2.56. The SMILES string of the molecule is CCCc1nc(CNc2ccc(C(=O)NC(C)CO)cc2)cs1. The number of amides is 1. The maximum Gasteiger partial charge on any atom is 0.251 e. The Morgan fingerprint density at radius 1 is 1.35 bits per heavy atom. The standard InChI is InChI=1S/C17H23N3O2S/c1-3-4-16-20-15(11-23-16)9-18-14-7-5-13(6-8-14)17(22)19-12(2)10-21/h5-8,11-12,18,21H,3-4,9-10H2,1-2H3,(H,19,22). The van der Waals surface area contributed by atoms with Gasteiger partial charge in [0, 0.05) is 22.7 Å². The molecule has 124 valence electrons. The number of aliphatic hydroxyl groups is 1. The van der Waals surface area contributed by atoms with Gasteiger partial charge in [0.05, 0.1) is 23.9 Å². The number of hydrogen-bond acceptors (Lipinski definition) is 5. The van der Waals surface area contributed by atoms with Gasteiger partial charge in [-0.1, -0.05) is 6.92 Å². The van der Waals surface area contributed by atoms with Crippen LogP contribution in [0.4, 0.5) is 5.69 Å². The number of aryl methyl sites for hydroxylation is 1. The Morgan fingerprint density at radius 3 is 2.74 bits per heavy atom. The predicted octanol–water partition coefficient (Wildman–Crippen LogP) is 2.82. The number of benzene rings is 1. The number of thiazole rings is 1. The summed E-state index contributed by atoms with van der Waals surface area (Å²) in [6.07, 6.45) is 2.14. The molecule has 0 saturated carbocycles. The summed E-state index contributed by atoms with van der Waals surface area (Å²) in [6, 6.07) is 7.04. The second-order valence-corrected chi connectivity index (χ2v) is 6.41. The first-order valence-electron chi connectivity index (χ1n) is 7.81. The van der Waals surface area contributed by atoms with Gasteiger partial charge in [-0.2, -0.15) is 0 Å². The summed E-state index contributed by atoms with van der Waals surface area (Å²) < 4.78 is 0. The lowest BCUT2D eigenvalue weighted by Crippen LogP contribution is -2.34. The Balaban J connectivity index is 1.88. The van der Waals surface area contributed by atoms with Crippen LogP contribution in [0.3, 0.4) is 0 Å². The number of rotatable bonds is 8. The van der Waals surface area contributed by atoms with E-state index < -0.39 is 0 Å². The normalized spacial score (nSPS) is 12.0. The maximum atomic E-state index is 11.9. The van der Waals surface area contributed by atoms with Crippen molar-refractivity contribution in [3.8, 4) is 0 Å². The molecule has 0 spiro atoms. The van der Waals surface area contributed by atoms with Gasteiger partial charge in [0.1, 0.15) is 0 Å². The fourth-order valence-corrected chi connectivity index (χ4v) is 2.94. The van der Waals surface area contributed by atoms with Crippen LogP contribution in [-0.2, 0) is 13.0 Å². The molecule has 0 bridgehead atoms. The highest BCUT2D eigenvalue weighted by Crippen LogP contribution is 2.15. The number of aromatic nitrogens is 1. The zero-order chi connectivity index (χ0) is 16.7. The van der Waals surface area contributed by atoms with Crippen molar-refractivity contribution >= 4 is 22.9 Å². The van der Waals surface area contributed by atoms with Crippen LogP contribution < -0.4 is 10.6 Å². The molecule has 1 unspecified atom stereocenters. The van der Waals surface area contributed by atoms with E-state index in [1.807, 2.05) is 12.1 Å². The predicted molar refractivity (Wildman–Crippen MR) is 93.9 cm³/mol. The smallest absolute Gasteiger partial charge is 0.251 e. The third-order valence-corrected chi connectivity index (χ3v) is 4.29. The van der Waals surface area contributed by atoms with Crippen LogP contribution in [0.2, 0.25) is 0 Å². The van der Waals surface area contributed by atoms with Crippen molar-refractivity contribution in [2.45, 2.75) is 39.3 Å². The summed E-state index contributed by atoms with van der Waals surface area (Å²) in [5.74, 6) is -0.179. The first kappa shape index (κ1) is 17.4. The van der Waals surface area contributed by atoms with Crippen molar-refractivity contribution in [1.82, 2.24) is 10.3 Å². The van der Waals surface area contributed by atoms with Crippen molar-refractivity contribution in [2.75, 3.05) is 11.9 Å². The van der Waals surface area contributed by atoms with Crippen LogP contribution in [0.15, 0.2) is 29.6 Å². The number of carbonyl (C=O) groups is 1. The molecule has 1 atom stereocenters. The molecule has 1 heterocycles. The molecule has 6 heteroatoms. The van der Waals surface area contributed by atoms with Gasteiger partial charge in [0.15, 0.2) is 0 Å². The molecule has 0 aliphatic rings. The second kappa shape index (κ2) is 8.64. The van der Waals surface area contributed by atoms with Gasteiger partial charge in [-0.25, -0.2) is 4.98 Å². The van der Waals surface area contributed by atoms with E-state index in [2.05, 4.69) is 27.9 Å². The molecule has 3 N–H and O–H groups in total. The number of aliphatic hydroxyl groups excluding tert-OH is 1. The van der Waals surface area contributed by atoms with E-state index in [1.54, 1.807) is 30.4 Å². The first-order valence-corrected chi connectivity index (χ1v) is 8.69. The molecule has 0 fully saturated rings. The summed E-state index contributed by atoms with van der Waals surface area (Å²) >= 11 is 1.70. The molecule has 1 amide bonds. The molecular formula is C17H23N3O2S. The number of anilines is 1. The molecule has 0 radical (unpaired) electrons. The highest BCUT2D eigenvalue weighted by atomic mass is 32.1. The van der Waals surface area contributed by atoms with Gasteiger partial charge >= 0.3 is 0 Å². The van der Waals surface area contributed by atoms with E-state index in [0.29, 0.717) is 12.1 Å². The van der Waals surface area contributed by atoms with Gasteiger partial charge in [-0.15, -0.1) is 11.3 Å². The minimum Gasteiger partial charge on any atom is -0.394 e. The summed E-state index contributed by atoms with van der Waals surface area (Å²) in [7, 11) is 0. The van der Waals surface area contributed by atoms with E-state index in [1.165, 1.54) is 5.01 Å². The van der Waals surface area contributed by atoms with E-state index in [4.69, 9.17) is 5.11 Å². The minimum atomic E-state index is -0.248. The Bertz CT molecular complexity index is 625.